The largest absolute Gasteiger partial charge is 0.288 e. The SMILES string of the molecule is C/C=C1\C(=O)c2sccc2C1=C(C#N)C#N. The van der Waals surface area contributed by atoms with Gasteiger partial charge in [-0.2, -0.15) is 10.5 Å². The molecule has 0 amide bonds. The van der Waals surface area contributed by atoms with E-state index in [1.165, 1.54) is 11.3 Å². The van der Waals surface area contributed by atoms with E-state index in [1.807, 2.05) is 12.1 Å². The van der Waals surface area contributed by atoms with Gasteiger partial charge in [-0.3, -0.25) is 4.79 Å². The van der Waals surface area contributed by atoms with Crippen molar-refractivity contribution in [3.05, 3.63) is 39.1 Å². The summed E-state index contributed by atoms with van der Waals surface area (Å²) in [6, 6.07) is 5.45. The van der Waals surface area contributed by atoms with Crippen LogP contribution in [0.3, 0.4) is 0 Å². The molecule has 1 aromatic rings. The van der Waals surface area contributed by atoms with Crippen molar-refractivity contribution < 1.29 is 4.79 Å². The Bertz CT molecular complexity index is 604. The highest BCUT2D eigenvalue weighted by atomic mass is 32.1. The molecule has 1 aliphatic rings. The summed E-state index contributed by atoms with van der Waals surface area (Å²) < 4.78 is 0. The van der Waals surface area contributed by atoms with Crippen LogP contribution in [0.15, 0.2) is 28.7 Å². The van der Waals surface area contributed by atoms with Gasteiger partial charge in [0.05, 0.1) is 4.88 Å². The van der Waals surface area contributed by atoms with Crippen molar-refractivity contribution in [2.45, 2.75) is 6.92 Å². The zero-order valence-corrected chi connectivity index (χ0v) is 9.26. The van der Waals surface area contributed by atoms with Crippen LogP contribution >= 0.6 is 11.3 Å². The van der Waals surface area contributed by atoms with Crippen molar-refractivity contribution in [1.29, 1.82) is 10.5 Å². The summed E-state index contributed by atoms with van der Waals surface area (Å²) in [5, 5.41) is 19.6. The first kappa shape index (κ1) is 10.4. The molecular weight excluding hydrogens is 220 g/mol. The molecule has 76 valence electrons. The van der Waals surface area contributed by atoms with Crippen LogP contribution in [0.2, 0.25) is 0 Å². The Balaban J connectivity index is 2.83. The average molecular weight is 226 g/mol. The highest BCUT2D eigenvalue weighted by Crippen LogP contribution is 2.41. The molecule has 0 aromatic carbocycles. The maximum Gasteiger partial charge on any atom is 0.203 e. The van der Waals surface area contributed by atoms with Gasteiger partial charge in [-0.1, -0.05) is 6.08 Å². The molecule has 4 heteroatoms. The monoisotopic (exact) mass is 226 g/mol. The van der Waals surface area contributed by atoms with Crippen molar-refractivity contribution in [2.24, 2.45) is 0 Å². The second kappa shape index (κ2) is 3.77. The Hall–Kier alpha value is -2.17. The minimum atomic E-state index is -0.0921. The first-order chi connectivity index (χ1) is 7.74. The smallest absolute Gasteiger partial charge is 0.203 e. The Morgan fingerprint density at radius 1 is 1.44 bits per heavy atom. The molecule has 0 fully saturated rings. The molecule has 0 bridgehead atoms. The predicted octanol–water partition coefficient (Wildman–Crippen LogP) is 2.69. The summed E-state index contributed by atoms with van der Waals surface area (Å²) in [7, 11) is 0. The summed E-state index contributed by atoms with van der Waals surface area (Å²) in [5.41, 5.74) is 1.65. The van der Waals surface area contributed by atoms with E-state index in [4.69, 9.17) is 10.5 Å². The zero-order chi connectivity index (χ0) is 11.7. The van der Waals surface area contributed by atoms with Gasteiger partial charge in [-0.25, -0.2) is 0 Å². The number of carbonyl (C=O) groups is 1. The number of nitriles is 2. The maximum atomic E-state index is 11.9. The summed E-state index contributed by atoms with van der Waals surface area (Å²) >= 11 is 1.34. The van der Waals surface area contributed by atoms with Crippen LogP contribution in [0.1, 0.15) is 22.2 Å². The number of allylic oxidation sites excluding steroid dienone is 4. The standard InChI is InChI=1S/C12H6N2OS/c1-2-8-10(7(5-13)6-14)9-3-4-16-12(9)11(8)15/h2-4H,1H3/b8-2-. The molecule has 0 aliphatic heterocycles. The molecule has 0 spiro atoms. The number of hydrogen-bond acceptors (Lipinski definition) is 4. The van der Waals surface area contributed by atoms with Crippen molar-refractivity contribution in [3.8, 4) is 12.1 Å². The molecule has 0 saturated heterocycles. The molecule has 0 radical (unpaired) electrons. The Kier molecular flexibility index (Phi) is 2.44. The summed E-state index contributed by atoms with van der Waals surface area (Å²) in [6.07, 6.45) is 1.65. The van der Waals surface area contributed by atoms with Gasteiger partial charge >= 0.3 is 0 Å². The number of Topliss-reactive ketones (excluding diaryl/α,β-unsaturated/α-hetero) is 1. The van der Waals surface area contributed by atoms with E-state index in [0.29, 0.717) is 21.6 Å². The van der Waals surface area contributed by atoms with Gasteiger partial charge in [0.15, 0.2) is 0 Å². The second-order valence-electron chi connectivity index (χ2n) is 3.17. The average Bonchev–Trinajstić information content (AvgIpc) is 2.85. The topological polar surface area (TPSA) is 64.7 Å². The van der Waals surface area contributed by atoms with E-state index in [0.717, 1.165) is 0 Å². The van der Waals surface area contributed by atoms with Crippen molar-refractivity contribution >= 4 is 22.7 Å². The summed E-state index contributed by atoms with van der Waals surface area (Å²) in [5.74, 6) is -0.0921. The maximum absolute atomic E-state index is 11.9. The van der Waals surface area contributed by atoms with Crippen LogP contribution in [0.5, 0.6) is 0 Å². The Labute approximate surface area is 96.6 Å². The summed E-state index contributed by atoms with van der Waals surface area (Å²) in [6.45, 7) is 1.73. The fourth-order valence-electron chi connectivity index (χ4n) is 1.74. The van der Waals surface area contributed by atoms with Crippen LogP contribution in [0, 0.1) is 22.7 Å². The highest BCUT2D eigenvalue weighted by molar-refractivity contribution is 7.13. The Morgan fingerprint density at radius 3 is 2.69 bits per heavy atom. The number of rotatable bonds is 0. The fraction of sp³-hybridized carbons (Fsp3) is 0.0833. The number of ketones is 1. The van der Waals surface area contributed by atoms with Crippen LogP contribution in [-0.2, 0) is 0 Å². The minimum Gasteiger partial charge on any atom is -0.288 e. The van der Waals surface area contributed by atoms with E-state index in [1.54, 1.807) is 24.4 Å². The van der Waals surface area contributed by atoms with Crippen molar-refractivity contribution in [1.82, 2.24) is 0 Å². The zero-order valence-electron chi connectivity index (χ0n) is 8.44. The fourth-order valence-corrected chi connectivity index (χ4v) is 2.60. The predicted molar refractivity (Wildman–Crippen MR) is 60.6 cm³/mol. The third-order valence-corrected chi connectivity index (χ3v) is 3.33. The van der Waals surface area contributed by atoms with E-state index >= 15 is 0 Å². The molecule has 16 heavy (non-hydrogen) atoms. The molecule has 1 heterocycles. The third-order valence-electron chi connectivity index (χ3n) is 2.42. The molecule has 0 unspecified atom stereocenters. The number of fused-ring (bicyclic) bond motifs is 1. The van der Waals surface area contributed by atoms with Gasteiger partial charge in [-0.05, 0) is 18.4 Å². The first-order valence-corrected chi connectivity index (χ1v) is 5.46. The quantitative estimate of drug-likeness (QED) is 0.504. The highest BCUT2D eigenvalue weighted by Gasteiger charge is 2.32. The van der Waals surface area contributed by atoms with E-state index in [-0.39, 0.29) is 11.4 Å². The lowest BCUT2D eigenvalue weighted by molar-refractivity contribution is 0.104. The van der Waals surface area contributed by atoms with Gasteiger partial charge in [0, 0.05) is 16.7 Å². The third kappa shape index (κ3) is 1.21. The molecule has 1 aliphatic carbocycles. The van der Waals surface area contributed by atoms with Crippen LogP contribution < -0.4 is 0 Å². The second-order valence-corrected chi connectivity index (χ2v) is 4.08. The van der Waals surface area contributed by atoms with Gasteiger partial charge in [0.2, 0.25) is 5.78 Å². The lowest BCUT2D eigenvalue weighted by atomic mass is 10.0. The molecule has 2 rings (SSSR count). The van der Waals surface area contributed by atoms with Gasteiger partial charge in [-0.15, -0.1) is 11.3 Å². The number of thiophene rings is 1. The van der Waals surface area contributed by atoms with E-state index < -0.39 is 0 Å². The van der Waals surface area contributed by atoms with Crippen LogP contribution in [-0.4, -0.2) is 5.78 Å². The number of hydrogen-bond donors (Lipinski definition) is 0. The first-order valence-electron chi connectivity index (χ1n) is 4.58. The molecule has 3 nitrogen and oxygen atoms in total. The minimum absolute atomic E-state index is 0.00130. The van der Waals surface area contributed by atoms with Crippen molar-refractivity contribution in [3.63, 3.8) is 0 Å². The lowest BCUT2D eigenvalue weighted by Gasteiger charge is -1.98. The van der Waals surface area contributed by atoms with Crippen LogP contribution in [0.4, 0.5) is 0 Å². The molecule has 0 atom stereocenters. The van der Waals surface area contributed by atoms with Gasteiger partial charge in [0.25, 0.3) is 0 Å². The number of nitrogens with zero attached hydrogens (tertiary/aromatic N) is 2. The molecule has 0 saturated carbocycles. The lowest BCUT2D eigenvalue weighted by Crippen LogP contribution is -1.94. The molecule has 0 N–H and O–H groups in total. The normalized spacial score (nSPS) is 15.8. The van der Waals surface area contributed by atoms with E-state index in [9.17, 15) is 4.79 Å². The summed E-state index contributed by atoms with van der Waals surface area (Å²) in [4.78, 5) is 12.5. The number of carbonyl (C=O) groups excluding carboxylic acids is 1. The van der Waals surface area contributed by atoms with Crippen LogP contribution in [0.25, 0.3) is 5.57 Å². The van der Waals surface area contributed by atoms with Crippen molar-refractivity contribution in [2.75, 3.05) is 0 Å². The van der Waals surface area contributed by atoms with E-state index in [2.05, 4.69) is 0 Å². The Morgan fingerprint density at radius 2 is 2.12 bits per heavy atom. The van der Waals surface area contributed by atoms with Gasteiger partial charge in [0.1, 0.15) is 17.7 Å². The van der Waals surface area contributed by atoms with Gasteiger partial charge < -0.3 is 0 Å². The molecular formula is C12H6N2OS. The molecule has 1 aromatic heterocycles.